The number of hydrogen-bond acceptors (Lipinski definition) is 5. The molecule has 1 aliphatic heterocycles. The Hall–Kier alpha value is -2.74. The molecule has 21 heavy (non-hydrogen) atoms. The van der Waals surface area contributed by atoms with Gasteiger partial charge in [0.2, 0.25) is 0 Å². The molecule has 0 saturated carbocycles. The van der Waals surface area contributed by atoms with Crippen LogP contribution in [-0.4, -0.2) is 31.3 Å². The van der Waals surface area contributed by atoms with E-state index in [2.05, 4.69) is 11.1 Å². The average Bonchev–Trinajstić information content (AvgIpc) is 2.55. The summed E-state index contributed by atoms with van der Waals surface area (Å²) >= 11 is 0. The molecule has 0 saturated heterocycles. The normalized spacial score (nSPS) is 16.1. The number of aromatic nitrogens is 1. The van der Waals surface area contributed by atoms with E-state index >= 15 is 0 Å². The van der Waals surface area contributed by atoms with E-state index in [1.807, 2.05) is 42.3 Å². The van der Waals surface area contributed by atoms with Crippen molar-refractivity contribution in [1.82, 2.24) is 4.98 Å². The zero-order valence-electron chi connectivity index (χ0n) is 11.7. The van der Waals surface area contributed by atoms with E-state index in [0.29, 0.717) is 18.7 Å². The first-order valence-electron chi connectivity index (χ1n) is 6.72. The third-order valence-corrected chi connectivity index (χ3v) is 3.31. The summed E-state index contributed by atoms with van der Waals surface area (Å²) < 4.78 is 11.6. The molecule has 2 aromatic rings. The molecule has 106 valence electrons. The minimum absolute atomic E-state index is 0.0534. The number of hydrogen-bond donors (Lipinski definition) is 0. The summed E-state index contributed by atoms with van der Waals surface area (Å²) in [6.07, 6.45) is 1.52. The fourth-order valence-corrected chi connectivity index (χ4v) is 2.23. The minimum atomic E-state index is -0.0534. The van der Waals surface area contributed by atoms with E-state index in [-0.39, 0.29) is 6.10 Å². The van der Waals surface area contributed by atoms with E-state index in [4.69, 9.17) is 14.7 Å². The lowest BCUT2D eigenvalue weighted by Crippen LogP contribution is -2.39. The highest BCUT2D eigenvalue weighted by molar-refractivity contribution is 5.43. The Labute approximate surface area is 123 Å². The molecule has 0 amide bonds. The first kappa shape index (κ1) is 13.3. The number of fused-ring (bicyclic) bond motifs is 1. The number of likely N-dealkylation sites (N-methyl/N-ethyl adjacent to an activating group) is 1. The lowest BCUT2D eigenvalue weighted by Gasteiger charge is -2.30. The van der Waals surface area contributed by atoms with Crippen LogP contribution in [0.4, 0.5) is 5.82 Å². The number of rotatable bonds is 3. The maximum Gasteiger partial charge on any atom is 0.161 e. The zero-order valence-corrected chi connectivity index (χ0v) is 11.7. The van der Waals surface area contributed by atoms with Crippen LogP contribution in [0, 0.1) is 11.3 Å². The molecule has 0 aliphatic carbocycles. The number of anilines is 1. The Kier molecular flexibility index (Phi) is 3.61. The molecule has 1 aromatic carbocycles. The van der Waals surface area contributed by atoms with E-state index in [9.17, 15) is 0 Å². The Balaban J connectivity index is 1.65. The van der Waals surface area contributed by atoms with Crippen molar-refractivity contribution in [3.63, 3.8) is 0 Å². The molecule has 5 heteroatoms. The molecule has 2 heterocycles. The molecule has 0 N–H and O–H groups in total. The van der Waals surface area contributed by atoms with Crippen molar-refractivity contribution in [2.75, 3.05) is 25.1 Å². The number of para-hydroxylation sites is 2. The largest absolute Gasteiger partial charge is 0.486 e. The van der Waals surface area contributed by atoms with Crippen molar-refractivity contribution < 1.29 is 9.47 Å². The van der Waals surface area contributed by atoms with Gasteiger partial charge in [-0.15, -0.1) is 0 Å². The second-order valence-corrected chi connectivity index (χ2v) is 4.89. The van der Waals surface area contributed by atoms with Crippen LogP contribution in [-0.2, 0) is 0 Å². The lowest BCUT2D eigenvalue weighted by atomic mass is 10.2. The second kappa shape index (κ2) is 5.71. The van der Waals surface area contributed by atoms with Crippen LogP contribution >= 0.6 is 0 Å². The van der Waals surface area contributed by atoms with Crippen LogP contribution in [0.3, 0.4) is 0 Å². The summed E-state index contributed by atoms with van der Waals surface area (Å²) in [4.78, 5) is 6.26. The molecule has 1 aromatic heterocycles. The summed E-state index contributed by atoms with van der Waals surface area (Å²) in [5.74, 6) is 2.36. The van der Waals surface area contributed by atoms with Crippen LogP contribution < -0.4 is 14.4 Å². The van der Waals surface area contributed by atoms with Crippen molar-refractivity contribution in [3.05, 3.63) is 48.2 Å². The molecule has 1 aliphatic rings. The van der Waals surface area contributed by atoms with Crippen LogP contribution in [0.2, 0.25) is 0 Å². The Morgan fingerprint density at radius 2 is 2.10 bits per heavy atom. The van der Waals surface area contributed by atoms with Gasteiger partial charge < -0.3 is 14.4 Å². The van der Waals surface area contributed by atoms with Crippen LogP contribution in [0.5, 0.6) is 11.5 Å². The molecule has 0 fully saturated rings. The van der Waals surface area contributed by atoms with Gasteiger partial charge in [0.25, 0.3) is 0 Å². The average molecular weight is 281 g/mol. The van der Waals surface area contributed by atoms with Gasteiger partial charge in [-0.2, -0.15) is 5.26 Å². The number of nitrogens with zero attached hydrogens (tertiary/aromatic N) is 3. The predicted molar refractivity (Wildman–Crippen MR) is 78.6 cm³/mol. The fourth-order valence-electron chi connectivity index (χ4n) is 2.23. The first-order chi connectivity index (χ1) is 10.3. The third kappa shape index (κ3) is 2.90. The molecular formula is C16H15N3O2. The number of nitriles is 1. The lowest BCUT2D eigenvalue weighted by molar-refractivity contribution is 0.0959. The smallest absolute Gasteiger partial charge is 0.161 e. The molecule has 0 bridgehead atoms. The van der Waals surface area contributed by atoms with Gasteiger partial charge >= 0.3 is 0 Å². The number of ether oxygens (including phenoxy) is 2. The van der Waals surface area contributed by atoms with Gasteiger partial charge in [-0.1, -0.05) is 12.1 Å². The molecule has 0 spiro atoms. The molecule has 5 nitrogen and oxygen atoms in total. The monoisotopic (exact) mass is 281 g/mol. The SMILES string of the molecule is CN(C[C@@H]1COc2ccccc2O1)c1ccc(C#N)cn1. The highest BCUT2D eigenvalue weighted by Crippen LogP contribution is 2.31. The molecular weight excluding hydrogens is 266 g/mol. The third-order valence-electron chi connectivity index (χ3n) is 3.31. The summed E-state index contributed by atoms with van der Waals surface area (Å²) in [6, 6.07) is 13.3. The molecule has 0 unspecified atom stereocenters. The Morgan fingerprint density at radius 1 is 1.29 bits per heavy atom. The van der Waals surface area contributed by atoms with Gasteiger partial charge in [-0.25, -0.2) is 4.98 Å². The summed E-state index contributed by atoms with van der Waals surface area (Å²) in [5, 5.41) is 8.78. The summed E-state index contributed by atoms with van der Waals surface area (Å²) in [7, 11) is 1.94. The maximum atomic E-state index is 8.78. The van der Waals surface area contributed by atoms with E-state index in [0.717, 1.165) is 17.3 Å². The summed E-state index contributed by atoms with van der Waals surface area (Å²) in [6.45, 7) is 1.17. The number of pyridine rings is 1. The summed E-state index contributed by atoms with van der Waals surface area (Å²) in [5.41, 5.74) is 0.554. The maximum absolute atomic E-state index is 8.78. The standard InChI is InChI=1S/C16H15N3O2/c1-19(16-7-6-12(8-17)9-18-16)10-13-11-20-14-4-2-3-5-15(14)21-13/h2-7,9,13H,10-11H2,1H3/t13-/m1/s1. The van der Waals surface area contributed by atoms with E-state index in [1.54, 1.807) is 12.3 Å². The Morgan fingerprint density at radius 3 is 2.81 bits per heavy atom. The zero-order chi connectivity index (χ0) is 14.7. The van der Waals surface area contributed by atoms with Crippen molar-refractivity contribution >= 4 is 5.82 Å². The first-order valence-corrected chi connectivity index (χ1v) is 6.72. The van der Waals surface area contributed by atoms with Gasteiger partial charge in [0.15, 0.2) is 17.6 Å². The Bertz CT molecular complexity index is 664. The van der Waals surface area contributed by atoms with Crippen molar-refractivity contribution in [1.29, 1.82) is 5.26 Å². The van der Waals surface area contributed by atoms with Crippen molar-refractivity contribution in [2.45, 2.75) is 6.10 Å². The van der Waals surface area contributed by atoms with Crippen molar-refractivity contribution in [2.24, 2.45) is 0 Å². The molecule has 1 atom stereocenters. The highest BCUT2D eigenvalue weighted by atomic mass is 16.6. The van der Waals surface area contributed by atoms with Crippen LogP contribution in [0.15, 0.2) is 42.6 Å². The topological polar surface area (TPSA) is 58.4 Å². The quantitative estimate of drug-likeness (QED) is 0.863. The molecule has 0 radical (unpaired) electrons. The van der Waals surface area contributed by atoms with Gasteiger partial charge in [0.1, 0.15) is 18.5 Å². The van der Waals surface area contributed by atoms with Gasteiger partial charge in [-0.3, -0.25) is 0 Å². The van der Waals surface area contributed by atoms with Gasteiger partial charge in [0, 0.05) is 13.2 Å². The minimum Gasteiger partial charge on any atom is -0.486 e. The van der Waals surface area contributed by atoms with Gasteiger partial charge in [-0.05, 0) is 24.3 Å². The van der Waals surface area contributed by atoms with Crippen molar-refractivity contribution in [3.8, 4) is 17.6 Å². The molecule has 3 rings (SSSR count). The highest BCUT2D eigenvalue weighted by Gasteiger charge is 2.22. The van der Waals surface area contributed by atoms with E-state index in [1.165, 1.54) is 0 Å². The van der Waals surface area contributed by atoms with Gasteiger partial charge in [0.05, 0.1) is 12.1 Å². The predicted octanol–water partition coefficient (Wildman–Crippen LogP) is 2.23. The van der Waals surface area contributed by atoms with Crippen LogP contribution in [0.25, 0.3) is 0 Å². The van der Waals surface area contributed by atoms with Crippen LogP contribution in [0.1, 0.15) is 5.56 Å². The van der Waals surface area contributed by atoms with E-state index < -0.39 is 0 Å². The second-order valence-electron chi connectivity index (χ2n) is 4.89. The fraction of sp³-hybridized carbons (Fsp3) is 0.250. The number of benzene rings is 1.